The lowest BCUT2D eigenvalue weighted by molar-refractivity contribution is 0.182. The predicted molar refractivity (Wildman–Crippen MR) is 115 cm³/mol. The van der Waals surface area contributed by atoms with Crippen molar-refractivity contribution in [2.75, 3.05) is 13.1 Å². The first-order chi connectivity index (χ1) is 12.5. The average Bonchev–Trinajstić information content (AvgIpc) is 2.66. The number of pyridine rings is 1. The van der Waals surface area contributed by atoms with Gasteiger partial charge in [0.25, 0.3) is 0 Å². The Balaban J connectivity index is 2.12. The Morgan fingerprint density at radius 2 is 1.65 bits per heavy atom. The maximum Gasteiger partial charge on any atom is 0.192 e. The molecule has 1 aromatic rings. The molecule has 1 N–H and O–H groups in total. The van der Waals surface area contributed by atoms with Gasteiger partial charge in [0, 0.05) is 24.5 Å². The second-order valence-corrected chi connectivity index (χ2v) is 13.1. The van der Waals surface area contributed by atoms with Crippen LogP contribution in [0.3, 0.4) is 0 Å². The van der Waals surface area contributed by atoms with E-state index in [1.54, 1.807) is 12.4 Å². The quantitative estimate of drug-likeness (QED) is 0.434. The summed E-state index contributed by atoms with van der Waals surface area (Å²) in [4.78, 5) is 4.11. The monoisotopic (exact) mass is 416 g/mol. The molecule has 0 radical (unpaired) electrons. The molecule has 0 unspecified atom stereocenters. The van der Waals surface area contributed by atoms with Gasteiger partial charge in [0.05, 0.1) is 16.1 Å². The summed E-state index contributed by atoms with van der Waals surface area (Å²) in [5.41, 5.74) is 0.895. The standard InChI is InChI=1S/C20H34Cl2N2OSi/c1-4-26(5-2,6-3)25-19(20-17(21)13-24-14-18(20)22)15-23-12-16-10-8-7-9-11-16/h13-14,16,19,23H,4-12,15H2,1-3H3/t19-/m1/s1. The Labute approximate surface area is 170 Å². The molecule has 0 amide bonds. The van der Waals surface area contributed by atoms with E-state index < -0.39 is 8.32 Å². The van der Waals surface area contributed by atoms with Crippen molar-refractivity contribution in [1.29, 1.82) is 0 Å². The molecule has 3 nitrogen and oxygen atoms in total. The van der Waals surface area contributed by atoms with Crippen LogP contribution in [0.1, 0.15) is 64.5 Å². The molecule has 1 saturated carbocycles. The summed E-state index contributed by atoms with van der Waals surface area (Å²) in [6.45, 7) is 8.57. The first-order valence-electron chi connectivity index (χ1n) is 10.2. The highest BCUT2D eigenvalue weighted by atomic mass is 35.5. The normalized spacial score (nSPS) is 17.4. The van der Waals surface area contributed by atoms with Gasteiger partial charge in [0.1, 0.15) is 0 Å². The Hall–Kier alpha value is -0.133. The number of halogens is 2. The number of rotatable bonds is 10. The second-order valence-electron chi connectivity index (χ2n) is 7.53. The molecule has 0 bridgehead atoms. The second kappa shape index (κ2) is 11.0. The third-order valence-corrected chi connectivity index (χ3v) is 11.3. The highest BCUT2D eigenvalue weighted by molar-refractivity contribution is 6.73. The molecule has 0 aliphatic heterocycles. The van der Waals surface area contributed by atoms with Crippen LogP contribution in [0.15, 0.2) is 12.4 Å². The molecular weight excluding hydrogens is 383 g/mol. The molecule has 0 aromatic carbocycles. The van der Waals surface area contributed by atoms with Crippen LogP contribution in [0, 0.1) is 5.92 Å². The maximum atomic E-state index is 6.80. The molecule has 1 aliphatic carbocycles. The van der Waals surface area contributed by atoms with E-state index in [2.05, 4.69) is 31.1 Å². The van der Waals surface area contributed by atoms with Crippen molar-refractivity contribution in [3.05, 3.63) is 28.0 Å². The third-order valence-electron chi connectivity index (χ3n) is 6.03. The molecule has 2 rings (SSSR count). The molecule has 1 atom stereocenters. The molecule has 1 heterocycles. The van der Waals surface area contributed by atoms with Crippen LogP contribution in [-0.2, 0) is 4.43 Å². The Morgan fingerprint density at radius 1 is 1.08 bits per heavy atom. The van der Waals surface area contributed by atoms with E-state index in [1.807, 2.05) is 0 Å². The molecule has 6 heteroatoms. The number of nitrogens with one attached hydrogen (secondary N) is 1. The highest BCUT2D eigenvalue weighted by Gasteiger charge is 2.34. The number of nitrogens with zero attached hydrogens (tertiary/aromatic N) is 1. The van der Waals surface area contributed by atoms with Crippen molar-refractivity contribution >= 4 is 31.5 Å². The van der Waals surface area contributed by atoms with Crippen molar-refractivity contribution in [2.24, 2.45) is 5.92 Å². The van der Waals surface area contributed by atoms with E-state index in [4.69, 9.17) is 27.6 Å². The molecule has 148 valence electrons. The first kappa shape index (κ1) is 22.2. The van der Waals surface area contributed by atoms with Gasteiger partial charge in [-0.2, -0.15) is 0 Å². The topological polar surface area (TPSA) is 34.1 Å². The van der Waals surface area contributed by atoms with Crippen LogP contribution in [0.2, 0.25) is 28.2 Å². The lowest BCUT2D eigenvalue weighted by Crippen LogP contribution is -2.40. The van der Waals surface area contributed by atoms with Crippen LogP contribution in [-0.4, -0.2) is 26.4 Å². The van der Waals surface area contributed by atoms with E-state index in [0.29, 0.717) is 10.0 Å². The summed E-state index contributed by atoms with van der Waals surface area (Å²) in [5, 5.41) is 4.87. The summed E-state index contributed by atoms with van der Waals surface area (Å²) in [6, 6.07) is 3.33. The molecule has 26 heavy (non-hydrogen) atoms. The van der Waals surface area contributed by atoms with Crippen LogP contribution in [0.25, 0.3) is 0 Å². The first-order valence-corrected chi connectivity index (χ1v) is 13.5. The minimum absolute atomic E-state index is 0.104. The fraction of sp³-hybridized carbons (Fsp3) is 0.750. The van der Waals surface area contributed by atoms with E-state index >= 15 is 0 Å². The van der Waals surface area contributed by atoms with Crippen molar-refractivity contribution in [2.45, 2.75) is 77.1 Å². The van der Waals surface area contributed by atoms with Gasteiger partial charge in [-0.15, -0.1) is 0 Å². The predicted octanol–water partition coefficient (Wildman–Crippen LogP) is 6.62. The molecule has 0 saturated heterocycles. The van der Waals surface area contributed by atoms with Gasteiger partial charge in [-0.1, -0.05) is 63.2 Å². The number of hydrogen-bond donors (Lipinski definition) is 1. The van der Waals surface area contributed by atoms with Crippen LogP contribution in [0.5, 0.6) is 0 Å². The zero-order valence-electron chi connectivity index (χ0n) is 16.5. The number of hydrogen-bond acceptors (Lipinski definition) is 3. The van der Waals surface area contributed by atoms with E-state index in [1.165, 1.54) is 32.1 Å². The summed E-state index contributed by atoms with van der Waals surface area (Å²) < 4.78 is 6.80. The lowest BCUT2D eigenvalue weighted by Gasteiger charge is -2.34. The maximum absolute atomic E-state index is 6.80. The Bertz CT molecular complexity index is 520. The van der Waals surface area contributed by atoms with Gasteiger partial charge in [-0.25, -0.2) is 0 Å². The zero-order chi connectivity index (χ0) is 19.0. The zero-order valence-corrected chi connectivity index (χ0v) is 19.0. The van der Waals surface area contributed by atoms with Gasteiger partial charge in [0.2, 0.25) is 0 Å². The molecular formula is C20H34Cl2N2OSi. The third kappa shape index (κ3) is 5.93. The van der Waals surface area contributed by atoms with Crippen molar-refractivity contribution < 1.29 is 4.43 Å². The summed E-state index contributed by atoms with van der Waals surface area (Å²) >= 11 is 12.9. The van der Waals surface area contributed by atoms with Crippen LogP contribution >= 0.6 is 23.2 Å². The van der Waals surface area contributed by atoms with Gasteiger partial charge >= 0.3 is 0 Å². The summed E-state index contributed by atoms with van der Waals surface area (Å²) in [7, 11) is -1.78. The summed E-state index contributed by atoms with van der Waals surface area (Å²) in [5.74, 6) is 0.790. The summed E-state index contributed by atoms with van der Waals surface area (Å²) in [6.07, 6.45) is 10.0. The largest absolute Gasteiger partial charge is 0.409 e. The fourth-order valence-electron chi connectivity index (χ4n) is 4.04. The molecule has 0 spiro atoms. The highest BCUT2D eigenvalue weighted by Crippen LogP contribution is 2.36. The molecule has 1 aliphatic rings. The molecule has 1 fully saturated rings. The van der Waals surface area contributed by atoms with Crippen molar-refractivity contribution in [3.63, 3.8) is 0 Å². The van der Waals surface area contributed by atoms with Crippen molar-refractivity contribution in [3.8, 4) is 0 Å². The SMILES string of the molecule is CC[Si](CC)(CC)O[C@H](CNCC1CCCCC1)c1c(Cl)cncc1Cl. The average molecular weight is 417 g/mol. The van der Waals surface area contributed by atoms with Gasteiger partial charge in [-0.3, -0.25) is 4.98 Å². The molecule has 1 aromatic heterocycles. The Kier molecular flexibility index (Phi) is 9.38. The van der Waals surface area contributed by atoms with E-state index in [-0.39, 0.29) is 6.10 Å². The smallest absolute Gasteiger partial charge is 0.192 e. The fourth-order valence-corrected chi connectivity index (χ4v) is 7.46. The van der Waals surface area contributed by atoms with Crippen LogP contribution in [0.4, 0.5) is 0 Å². The van der Waals surface area contributed by atoms with Gasteiger partial charge in [0.15, 0.2) is 8.32 Å². The van der Waals surface area contributed by atoms with Gasteiger partial charge < -0.3 is 9.74 Å². The van der Waals surface area contributed by atoms with E-state index in [9.17, 15) is 0 Å². The van der Waals surface area contributed by atoms with Gasteiger partial charge in [-0.05, 0) is 43.4 Å². The number of aromatic nitrogens is 1. The Morgan fingerprint density at radius 3 is 2.19 bits per heavy atom. The minimum atomic E-state index is -1.78. The van der Waals surface area contributed by atoms with Crippen LogP contribution < -0.4 is 5.32 Å². The van der Waals surface area contributed by atoms with E-state index in [0.717, 1.165) is 42.7 Å². The minimum Gasteiger partial charge on any atom is -0.409 e. The lowest BCUT2D eigenvalue weighted by atomic mass is 9.89. The van der Waals surface area contributed by atoms with Crippen molar-refractivity contribution in [1.82, 2.24) is 10.3 Å².